The lowest BCUT2D eigenvalue weighted by molar-refractivity contribution is 0.482. The minimum Gasteiger partial charge on any atom is -0.507 e. The molecular weight excluding hydrogens is 268 g/mol. The van der Waals surface area contributed by atoms with Gasteiger partial charge in [-0.25, -0.2) is 0 Å². The third kappa shape index (κ3) is 1.38. The first-order chi connectivity index (χ1) is 10.7. The number of benzene rings is 4. The van der Waals surface area contributed by atoms with Crippen LogP contribution in [0.5, 0.6) is 5.75 Å². The first-order valence-corrected chi connectivity index (χ1v) is 7.82. The van der Waals surface area contributed by atoms with E-state index in [2.05, 4.69) is 43.3 Å². The molecule has 1 nitrogen and oxygen atoms in total. The normalized spacial score (nSPS) is 13.5. The second-order valence-electron chi connectivity index (χ2n) is 6.35. The highest BCUT2D eigenvalue weighted by molar-refractivity contribution is 6.17. The third-order valence-electron chi connectivity index (χ3n) is 5.18. The van der Waals surface area contributed by atoms with Crippen LogP contribution in [-0.4, -0.2) is 5.11 Å². The highest BCUT2D eigenvalue weighted by atomic mass is 16.3. The Morgan fingerprint density at radius 3 is 2.50 bits per heavy atom. The Hall–Kier alpha value is -2.54. The molecule has 4 aromatic rings. The van der Waals surface area contributed by atoms with Gasteiger partial charge in [0.2, 0.25) is 0 Å². The van der Waals surface area contributed by atoms with Crippen molar-refractivity contribution in [3.8, 4) is 5.75 Å². The van der Waals surface area contributed by atoms with E-state index in [4.69, 9.17) is 0 Å². The second kappa shape index (κ2) is 4.01. The summed E-state index contributed by atoms with van der Waals surface area (Å²) in [5.41, 5.74) is 4.15. The molecule has 4 aromatic carbocycles. The molecule has 0 spiro atoms. The van der Waals surface area contributed by atoms with Gasteiger partial charge in [0.15, 0.2) is 0 Å². The molecule has 0 amide bonds. The van der Waals surface area contributed by atoms with Crippen LogP contribution in [0.3, 0.4) is 0 Å². The Morgan fingerprint density at radius 1 is 0.773 bits per heavy atom. The van der Waals surface area contributed by atoms with E-state index < -0.39 is 0 Å². The van der Waals surface area contributed by atoms with Crippen molar-refractivity contribution in [1.29, 1.82) is 0 Å². The van der Waals surface area contributed by atoms with E-state index in [0.29, 0.717) is 5.75 Å². The van der Waals surface area contributed by atoms with Gasteiger partial charge in [-0.05, 0) is 75.5 Å². The lowest BCUT2D eigenvalue weighted by Gasteiger charge is -2.12. The van der Waals surface area contributed by atoms with Gasteiger partial charge in [-0.1, -0.05) is 36.4 Å². The summed E-state index contributed by atoms with van der Waals surface area (Å²) in [4.78, 5) is 0. The van der Waals surface area contributed by atoms with Crippen LogP contribution in [0.2, 0.25) is 0 Å². The summed E-state index contributed by atoms with van der Waals surface area (Å²) in [6, 6.07) is 16.9. The quantitative estimate of drug-likeness (QED) is 0.345. The van der Waals surface area contributed by atoms with Crippen molar-refractivity contribution in [2.45, 2.75) is 19.8 Å². The van der Waals surface area contributed by atoms with Crippen LogP contribution in [0.15, 0.2) is 48.5 Å². The summed E-state index contributed by atoms with van der Waals surface area (Å²) in [6.45, 7) is 2.19. The molecule has 0 saturated heterocycles. The van der Waals surface area contributed by atoms with Gasteiger partial charge in [0.05, 0.1) is 0 Å². The summed E-state index contributed by atoms with van der Waals surface area (Å²) >= 11 is 0. The number of phenols is 1. The van der Waals surface area contributed by atoms with Crippen molar-refractivity contribution in [3.05, 3.63) is 65.2 Å². The predicted octanol–water partition coefficient (Wildman–Crippen LogP) is 5.26. The number of phenolic OH excluding ortho intramolecular Hbond substituents is 1. The van der Waals surface area contributed by atoms with Crippen LogP contribution in [0, 0.1) is 6.92 Å². The lowest BCUT2D eigenvalue weighted by atomic mass is 9.92. The van der Waals surface area contributed by atoms with E-state index in [-0.39, 0.29) is 0 Å². The van der Waals surface area contributed by atoms with E-state index in [1.165, 1.54) is 38.2 Å². The van der Waals surface area contributed by atoms with Gasteiger partial charge in [-0.2, -0.15) is 0 Å². The Balaban J connectivity index is 2.11. The van der Waals surface area contributed by atoms with Crippen molar-refractivity contribution < 1.29 is 5.11 Å². The molecule has 1 N–H and O–H groups in total. The Bertz CT molecular complexity index is 1090. The van der Waals surface area contributed by atoms with Crippen molar-refractivity contribution in [2.24, 2.45) is 0 Å². The molecule has 0 aliphatic heterocycles. The molecule has 106 valence electrons. The zero-order chi connectivity index (χ0) is 14.8. The van der Waals surface area contributed by atoms with Crippen LogP contribution < -0.4 is 0 Å². The largest absolute Gasteiger partial charge is 0.507 e. The molecule has 1 aliphatic rings. The molecule has 0 atom stereocenters. The van der Waals surface area contributed by atoms with E-state index in [9.17, 15) is 5.11 Å². The SMILES string of the molecule is Cc1ccc2cc3c(c(O)cc4ccccc43)c3c2c1CC3. The van der Waals surface area contributed by atoms with Crippen LogP contribution in [-0.2, 0) is 12.8 Å². The van der Waals surface area contributed by atoms with Crippen LogP contribution in [0.4, 0.5) is 0 Å². The summed E-state index contributed by atoms with van der Waals surface area (Å²) in [6.07, 6.45) is 2.11. The number of fused-ring (bicyclic) bond motifs is 4. The summed E-state index contributed by atoms with van der Waals surface area (Å²) in [7, 11) is 0. The van der Waals surface area contributed by atoms with Gasteiger partial charge in [-0.15, -0.1) is 0 Å². The van der Waals surface area contributed by atoms with Crippen LogP contribution in [0.1, 0.15) is 16.7 Å². The number of hydrogen-bond acceptors (Lipinski definition) is 1. The lowest BCUT2D eigenvalue weighted by Crippen LogP contribution is -1.87. The van der Waals surface area contributed by atoms with E-state index in [0.717, 1.165) is 23.6 Å². The van der Waals surface area contributed by atoms with Gasteiger partial charge < -0.3 is 5.11 Å². The first kappa shape index (κ1) is 12.0. The predicted molar refractivity (Wildman–Crippen MR) is 92.8 cm³/mol. The van der Waals surface area contributed by atoms with Gasteiger partial charge in [0, 0.05) is 5.39 Å². The molecule has 5 rings (SSSR count). The smallest absolute Gasteiger partial charge is 0.124 e. The fourth-order valence-corrected chi connectivity index (χ4v) is 4.18. The summed E-state index contributed by atoms with van der Waals surface area (Å²) < 4.78 is 0. The van der Waals surface area contributed by atoms with Gasteiger partial charge in [-0.3, -0.25) is 0 Å². The third-order valence-corrected chi connectivity index (χ3v) is 5.18. The molecule has 0 unspecified atom stereocenters. The second-order valence-corrected chi connectivity index (χ2v) is 6.35. The van der Waals surface area contributed by atoms with Crippen molar-refractivity contribution in [3.63, 3.8) is 0 Å². The highest BCUT2D eigenvalue weighted by Crippen LogP contribution is 2.43. The maximum Gasteiger partial charge on any atom is 0.124 e. The fourth-order valence-electron chi connectivity index (χ4n) is 4.18. The fraction of sp³-hybridized carbons (Fsp3) is 0.143. The van der Waals surface area contributed by atoms with Gasteiger partial charge in [0.25, 0.3) is 0 Å². The standard InChI is InChI=1S/C21H16O/c1-12-6-7-14-10-18-16-5-3-2-4-13(16)11-19(22)21(18)17-9-8-15(12)20(14)17/h2-7,10-11,22H,8-9H2,1H3. The average Bonchev–Trinajstić information content (AvgIpc) is 2.97. The van der Waals surface area contributed by atoms with Crippen LogP contribution in [0.25, 0.3) is 32.3 Å². The summed E-state index contributed by atoms with van der Waals surface area (Å²) in [5, 5.41) is 17.9. The first-order valence-electron chi connectivity index (χ1n) is 7.82. The Morgan fingerprint density at radius 2 is 1.59 bits per heavy atom. The minimum atomic E-state index is 0.417. The average molecular weight is 284 g/mol. The van der Waals surface area contributed by atoms with Crippen molar-refractivity contribution in [1.82, 2.24) is 0 Å². The van der Waals surface area contributed by atoms with E-state index in [1.54, 1.807) is 0 Å². The van der Waals surface area contributed by atoms with Crippen LogP contribution >= 0.6 is 0 Å². The number of aryl methyl sites for hydroxylation is 3. The number of hydrogen-bond donors (Lipinski definition) is 1. The Kier molecular flexibility index (Phi) is 2.20. The maximum atomic E-state index is 10.6. The molecule has 0 aromatic heterocycles. The van der Waals surface area contributed by atoms with Gasteiger partial charge in [0.1, 0.15) is 5.75 Å². The molecule has 0 radical (unpaired) electrons. The number of rotatable bonds is 0. The Labute approximate surface area is 128 Å². The van der Waals surface area contributed by atoms with E-state index in [1.807, 2.05) is 12.1 Å². The summed E-state index contributed by atoms with van der Waals surface area (Å²) in [5.74, 6) is 0.417. The van der Waals surface area contributed by atoms with Crippen molar-refractivity contribution in [2.75, 3.05) is 0 Å². The molecule has 1 heteroatoms. The van der Waals surface area contributed by atoms with Gasteiger partial charge >= 0.3 is 0 Å². The number of aromatic hydroxyl groups is 1. The highest BCUT2D eigenvalue weighted by Gasteiger charge is 2.21. The van der Waals surface area contributed by atoms with Crippen molar-refractivity contribution >= 4 is 32.3 Å². The molecule has 0 saturated carbocycles. The molecule has 1 aliphatic carbocycles. The maximum absolute atomic E-state index is 10.6. The molecular formula is C21H16O. The molecule has 22 heavy (non-hydrogen) atoms. The molecule has 0 fully saturated rings. The zero-order valence-corrected chi connectivity index (χ0v) is 12.5. The molecule has 0 heterocycles. The monoisotopic (exact) mass is 284 g/mol. The minimum absolute atomic E-state index is 0.417. The topological polar surface area (TPSA) is 20.2 Å². The zero-order valence-electron chi connectivity index (χ0n) is 12.5. The van der Waals surface area contributed by atoms with E-state index >= 15 is 0 Å². The molecule has 0 bridgehead atoms.